The minimum Gasteiger partial charge on any atom is -0.481 e. The number of aliphatic hydroxyl groups is 4. The molecule has 2 amide bonds. The number of nitrogens with one attached hydrogen (secondary N) is 2. The number of imidazole rings is 3. The molecule has 0 aliphatic carbocycles. The fourth-order valence-corrected chi connectivity index (χ4v) is 13.7. The number of hydrogen-bond donors (Lipinski definition) is 9. The van der Waals surface area contributed by atoms with Crippen molar-refractivity contribution < 1.29 is 141 Å². The van der Waals surface area contributed by atoms with Gasteiger partial charge in [-0.1, -0.05) is 76.2 Å². The van der Waals surface area contributed by atoms with Gasteiger partial charge in [0.05, 0.1) is 67.8 Å². The van der Waals surface area contributed by atoms with Gasteiger partial charge in [0, 0.05) is 33.2 Å². The molecule has 3 aliphatic heterocycles. The van der Waals surface area contributed by atoms with Gasteiger partial charge >= 0.3 is 77.6 Å². The first-order valence-electron chi connectivity index (χ1n) is 40.3. The van der Waals surface area contributed by atoms with Gasteiger partial charge in [-0.05, 0) is 121 Å². The number of thiol groups is 1. The van der Waals surface area contributed by atoms with Crippen LogP contribution in [0.25, 0.3) is 33.5 Å². The van der Waals surface area contributed by atoms with Gasteiger partial charge in [-0.2, -0.15) is 43.1 Å². The number of nitrogen functional groups attached to an aromatic ring is 1. The number of aliphatic hydroxyl groups excluding tert-OH is 2. The van der Waals surface area contributed by atoms with E-state index in [4.69, 9.17) is 86.4 Å². The van der Waals surface area contributed by atoms with Gasteiger partial charge in [-0.25, -0.2) is 43.7 Å². The highest BCUT2D eigenvalue weighted by Gasteiger charge is 2.49. The molecule has 46 nitrogen and oxygen atoms in total. The number of carboxylic acids is 1. The molecular weight excluding hydrogens is 1960 g/mol. The average molecular weight is 2060 g/mol. The summed E-state index contributed by atoms with van der Waals surface area (Å²) in [7, 11) is 0. The van der Waals surface area contributed by atoms with E-state index in [-0.39, 0.29) is 168 Å². The second kappa shape index (κ2) is 50.2. The van der Waals surface area contributed by atoms with Crippen molar-refractivity contribution in [1.82, 2.24) is 58.6 Å². The third-order valence-electron chi connectivity index (χ3n) is 19.9. The van der Waals surface area contributed by atoms with E-state index in [0.717, 1.165) is 0 Å². The maximum absolute atomic E-state index is 14.4. The lowest BCUT2D eigenvalue weighted by Crippen LogP contribution is -2.41. The molecule has 3 fully saturated rings. The number of fused-ring (bicyclic) bond motifs is 3. The summed E-state index contributed by atoms with van der Waals surface area (Å²) in [5, 5.41) is 51.3. The van der Waals surface area contributed by atoms with Crippen LogP contribution in [0.2, 0.25) is 0 Å². The Kier molecular flexibility index (Phi) is 42.9. The molecule has 0 aromatic carbocycles. The first-order chi connectivity index (χ1) is 63.1. The Labute approximate surface area is 807 Å². The highest BCUT2D eigenvalue weighted by Crippen LogP contribution is 2.46. The van der Waals surface area contributed by atoms with Crippen LogP contribution in [0.1, 0.15) is 220 Å². The normalized spacial score (nSPS) is 19.1. The number of carbonyl (C=O) groups excluding carboxylic acids is 5. The van der Waals surface area contributed by atoms with Gasteiger partial charge in [0.1, 0.15) is 53.0 Å². The minimum absolute atomic E-state index is 0. The zero-order valence-electron chi connectivity index (χ0n) is 76.0. The molecule has 10 aromatic heterocycles. The van der Waals surface area contributed by atoms with Crippen molar-refractivity contribution >= 4 is 142 Å². The zero-order chi connectivity index (χ0) is 101. The lowest BCUT2D eigenvalue weighted by molar-refractivity contribution is -0.151. The van der Waals surface area contributed by atoms with Crippen LogP contribution in [0.5, 0.6) is 0 Å². The smallest absolute Gasteiger partial charge is 0.481 e. The molecule has 138 heavy (non-hydrogen) atoms. The van der Waals surface area contributed by atoms with Crippen LogP contribution in [0, 0.1) is 94.8 Å². The number of aromatic nitrogens is 12. The Balaban J connectivity index is 0.000000371. The predicted molar refractivity (Wildman–Crippen MR) is 491 cm³/mol. The summed E-state index contributed by atoms with van der Waals surface area (Å²) in [5.41, 5.74) is -1.53. The number of aliphatic carboxylic acids is 1. The summed E-state index contributed by atoms with van der Waals surface area (Å²) >= 11 is 10.9. The number of alkyl halides is 1. The van der Waals surface area contributed by atoms with Crippen LogP contribution in [0.4, 0.5) is 40.2 Å². The van der Waals surface area contributed by atoms with Crippen molar-refractivity contribution in [3.8, 4) is 37.0 Å². The molecule has 0 saturated carbocycles. The largest absolute Gasteiger partial charge is 0.519 e. The maximum atomic E-state index is 14.4. The molecule has 13 heterocycles. The lowest BCUT2D eigenvalue weighted by Gasteiger charge is -2.25. The van der Waals surface area contributed by atoms with Gasteiger partial charge < -0.3 is 104 Å². The van der Waals surface area contributed by atoms with E-state index in [1.807, 2.05) is 27.7 Å². The van der Waals surface area contributed by atoms with E-state index in [9.17, 15) is 76.4 Å². The molecule has 0 spiro atoms. The number of aryl methyl sites for hydroxylation is 4. The van der Waals surface area contributed by atoms with E-state index in [1.54, 1.807) is 16.1 Å². The Morgan fingerprint density at radius 2 is 0.855 bits per heavy atom. The van der Waals surface area contributed by atoms with Gasteiger partial charge in [0.15, 0.2) is 117 Å². The van der Waals surface area contributed by atoms with Crippen molar-refractivity contribution in [2.45, 2.75) is 273 Å². The molecule has 13 rings (SSSR count). The first kappa shape index (κ1) is 118. The van der Waals surface area contributed by atoms with Gasteiger partial charge in [0.25, 0.3) is 0 Å². The van der Waals surface area contributed by atoms with Gasteiger partial charge in [-0.15, -0.1) is 31.5 Å². The summed E-state index contributed by atoms with van der Waals surface area (Å²) in [6.45, 7) is 25.0. The molecular formula is C84H106BBrF3N15O31PS2. The summed E-state index contributed by atoms with van der Waals surface area (Å²) in [6, 6.07) is 0. The zero-order valence-corrected chi connectivity index (χ0v) is 80.2. The number of esters is 3. The monoisotopic (exact) mass is 2060 g/mol. The van der Waals surface area contributed by atoms with Crippen LogP contribution in [-0.4, -0.2) is 180 Å². The number of halogens is 4. The molecule has 10 aromatic rings. The Bertz CT molecular complexity index is 6070. The number of carboxylic acid groups (broad SMARTS) is 1. The molecule has 3 saturated heterocycles. The SMILES string of the molecule is C.C.C#C[C@]1(CC)O[C@@H](n2cnc3c(N)nc(F)nc32)C[C@@H]1C.C#C[C@]1(CC)O[C@@H](n2cnc3c(NC(=O)OC(C)(C)CC(=O)OCc4oc(=O)oc4C)nc(F)nc32)C[C@@H]1C.C#C[C@]1(CO)O[C@@H](n2cnc3c(NC(=O)OC(C)(C)CC(=O)OCc4oc(=O)oc4C)nc(F)nc32)C[C@@H]1O.CC(C)(O)CC(=O)O.Cc1oc(=O)oc1CBr.Cc1oc(=O)oc1COC(=O)CC(C)(C)O.S=PS.[B]. The van der Waals surface area contributed by atoms with Crippen molar-refractivity contribution in [3.05, 3.63) is 126 Å². The second-order valence-electron chi connectivity index (χ2n) is 32.4. The molecule has 3 aliphatic rings. The van der Waals surface area contributed by atoms with Crippen molar-refractivity contribution in [2.75, 3.05) is 23.0 Å². The predicted octanol–water partition coefficient (Wildman–Crippen LogP) is 11.0. The fraction of sp³-hybridized carbons (Fsp3) is 0.536. The molecule has 9 atom stereocenters. The second-order valence-corrected chi connectivity index (χ2v) is 35.1. The number of carbonyl (C=O) groups is 6. The number of anilines is 3. The van der Waals surface area contributed by atoms with Crippen LogP contribution in [0.3, 0.4) is 0 Å². The number of nitrogens with two attached hydrogens (primary N) is 1. The van der Waals surface area contributed by atoms with Gasteiger partial charge in [-0.3, -0.25) is 43.5 Å². The number of hydrogen-bond acceptors (Lipinski definition) is 41. The molecule has 0 unspecified atom stereocenters. The molecule has 751 valence electrons. The third-order valence-corrected chi connectivity index (χ3v) is 20.4. The topological polar surface area (TPSA) is 632 Å². The minimum atomic E-state index is -1.66. The van der Waals surface area contributed by atoms with Crippen LogP contribution >= 0.6 is 34.7 Å². The molecule has 0 bridgehead atoms. The first-order valence-corrected chi connectivity index (χ1v) is 44.5. The summed E-state index contributed by atoms with van der Waals surface area (Å²) < 4.78 is 127. The Hall–Kier alpha value is -12.5. The summed E-state index contributed by atoms with van der Waals surface area (Å²) in [6.07, 6.45) is 14.1. The number of nitrogens with zero attached hydrogens (tertiary/aromatic N) is 12. The van der Waals surface area contributed by atoms with Crippen molar-refractivity contribution in [1.29, 1.82) is 0 Å². The standard InChI is InChI=1S/C25H28FN5O8.C23H24FN5O10.C14H16FN5O.C10H14O6.C5H5BrO3.C5H10O3.2CH4.B.HPS2/c1-7-25(8-2)13(3)9-16(38-25)31-12-27-18-19(28-21(26)30-20(18)31)29-22(33)39-24(5,6)10-17(32)35-11-15-14(4)36-23(34)37-15;1-5-23(9-30)13(31)6-14(38-23)29-10-25-16-17(26-19(24)28-18(16)29)27-20(33)39-22(3,4)7-15(32)35-8-12-11(2)36-21(34)37-12;1-4-14(5-2)8(3)6-9(21-14)20-7-17-10-11(16)18-13(15)19-12(10)20;1-6-7(16-9(12)15-6)5-14-8(11)4-10(2,3)13;1-3-4(2-6)9-5(7)8-3;1-5(2,8)3-4(6)7;;;;2-1-3/h1,12-13,16H,8-11H2,2-6H3,(H,28,29,30,33);1,10,13-14,30-31H,6-9H2,2-4H3,(H,26,27,28,33);1,7-9H,5-6H2,2-3H3,(H2,16,18,19);13H,4-5H2,1-3H3;2H2,1H3;8H,3H2,1-2H3,(H,6,7);2*1H4;;(H,2,3)/t13-,16+,25+;13-,14+,23+;8-,9+,14+;;;;;;;/m000......./s1. The van der Waals surface area contributed by atoms with E-state index < -0.39 is 142 Å². The Morgan fingerprint density at radius 1 is 0.551 bits per heavy atom. The molecule has 9 N–H and O–H groups in total. The van der Waals surface area contributed by atoms with Gasteiger partial charge in [0.2, 0.25) is 0 Å². The number of amides is 2. The highest BCUT2D eigenvalue weighted by molar-refractivity contribution is 9.08. The summed E-state index contributed by atoms with van der Waals surface area (Å²) in [4.78, 5) is 148. The van der Waals surface area contributed by atoms with E-state index in [1.165, 1.54) is 99.7 Å². The molecule has 3 radical (unpaired) electrons. The van der Waals surface area contributed by atoms with E-state index in [2.05, 4.69) is 135 Å². The van der Waals surface area contributed by atoms with Crippen molar-refractivity contribution in [2.24, 2.45) is 11.8 Å². The van der Waals surface area contributed by atoms with Crippen LogP contribution < -0.4 is 39.7 Å². The van der Waals surface area contributed by atoms with Crippen molar-refractivity contribution in [3.63, 3.8) is 0 Å². The highest BCUT2D eigenvalue weighted by atomic mass is 79.9. The number of ether oxygens (including phenoxy) is 8. The third kappa shape index (κ3) is 32.0. The summed E-state index contributed by atoms with van der Waals surface area (Å²) in [5.74, 6) is 3.02. The lowest BCUT2D eigenvalue weighted by atomic mass is 9.87. The maximum Gasteiger partial charge on any atom is 0.519 e. The van der Waals surface area contributed by atoms with E-state index >= 15 is 0 Å². The average Bonchev–Trinajstić information content (AvgIpc) is 1.62. The number of terminal acetylenes is 3. The number of rotatable bonds is 25. The van der Waals surface area contributed by atoms with E-state index in [0.29, 0.717) is 60.3 Å². The quantitative estimate of drug-likeness (QED) is 0.00375. The van der Waals surface area contributed by atoms with Crippen LogP contribution in [-0.2, 0) is 94.0 Å². The Morgan fingerprint density at radius 3 is 1.12 bits per heavy atom. The molecule has 54 heteroatoms. The fourth-order valence-electron chi connectivity index (χ4n) is 13.1. The van der Waals surface area contributed by atoms with Crippen LogP contribution in [0.15, 0.2) is 73.5 Å².